The Kier molecular flexibility index (Phi) is 4.80. The number of hydrogen-bond donors (Lipinski definition) is 1. The summed E-state index contributed by atoms with van der Waals surface area (Å²) in [6.07, 6.45) is 0. The van der Waals surface area contributed by atoms with E-state index < -0.39 is 5.60 Å². The van der Waals surface area contributed by atoms with Crippen LogP contribution in [0.5, 0.6) is 0 Å². The van der Waals surface area contributed by atoms with Crippen molar-refractivity contribution >= 4 is 34.2 Å². The normalized spacial score (nSPS) is 13.0. The maximum atomic E-state index is 11.7. The summed E-state index contributed by atoms with van der Waals surface area (Å²) in [5.74, 6) is -0.240. The van der Waals surface area contributed by atoms with Gasteiger partial charge in [-0.05, 0) is 74.6 Å². The fourth-order valence-electron chi connectivity index (χ4n) is 1.25. The van der Waals surface area contributed by atoms with Gasteiger partial charge >= 0.3 is 5.97 Å². The van der Waals surface area contributed by atoms with Crippen LogP contribution < -0.4 is 5.32 Å². The van der Waals surface area contributed by atoms with E-state index in [1.165, 1.54) is 0 Å². The summed E-state index contributed by atoms with van der Waals surface area (Å²) < 4.78 is 6.46. The summed E-state index contributed by atoms with van der Waals surface area (Å²) in [5.41, 5.74) is 0.475. The number of anilines is 1. The number of nitrogens with one attached hydrogen (secondary N) is 1. The second kappa shape index (κ2) is 5.71. The van der Waals surface area contributed by atoms with E-state index in [-0.39, 0.29) is 12.0 Å². The molecule has 94 valence electrons. The molecule has 0 aliphatic rings. The second-order valence-electron chi connectivity index (χ2n) is 4.91. The zero-order valence-electron chi connectivity index (χ0n) is 10.6. The van der Waals surface area contributed by atoms with E-state index in [0.29, 0.717) is 0 Å². The highest BCUT2D eigenvalue weighted by atomic mass is 127. The van der Waals surface area contributed by atoms with Crippen molar-refractivity contribution < 1.29 is 9.53 Å². The molecule has 0 spiro atoms. The molecule has 3 nitrogen and oxygen atoms in total. The third-order valence-corrected chi connectivity index (χ3v) is 2.71. The highest BCUT2D eigenvalue weighted by molar-refractivity contribution is 14.1. The molecule has 0 heterocycles. The lowest BCUT2D eigenvalue weighted by atomic mass is 10.2. The van der Waals surface area contributed by atoms with Crippen LogP contribution in [0, 0.1) is 3.57 Å². The van der Waals surface area contributed by atoms with Gasteiger partial charge in [-0.25, -0.2) is 4.79 Å². The van der Waals surface area contributed by atoms with Gasteiger partial charge in [-0.3, -0.25) is 0 Å². The standard InChI is InChI=1S/C13H18INO2/c1-9(12(16)17-13(2,3)4)15-11-7-5-10(14)6-8-11/h5-9,15H,1-4H3. The number of hydrogen-bond acceptors (Lipinski definition) is 3. The maximum absolute atomic E-state index is 11.7. The molecule has 17 heavy (non-hydrogen) atoms. The van der Waals surface area contributed by atoms with Gasteiger partial charge in [0.05, 0.1) is 0 Å². The fraction of sp³-hybridized carbons (Fsp3) is 0.462. The molecule has 1 N–H and O–H groups in total. The summed E-state index contributed by atoms with van der Waals surface area (Å²) in [6, 6.07) is 7.52. The lowest BCUT2D eigenvalue weighted by molar-refractivity contribution is -0.155. The number of halogens is 1. The average molecular weight is 347 g/mol. The minimum Gasteiger partial charge on any atom is -0.458 e. The summed E-state index contributed by atoms with van der Waals surface area (Å²) in [7, 11) is 0. The Morgan fingerprint density at radius 3 is 2.29 bits per heavy atom. The number of ether oxygens (including phenoxy) is 1. The van der Waals surface area contributed by atoms with Crippen LogP contribution in [-0.4, -0.2) is 17.6 Å². The fourth-order valence-corrected chi connectivity index (χ4v) is 1.60. The van der Waals surface area contributed by atoms with Crippen LogP contribution in [-0.2, 0) is 9.53 Å². The predicted octanol–water partition coefficient (Wildman–Crippen LogP) is 3.43. The van der Waals surface area contributed by atoms with Gasteiger partial charge in [0.1, 0.15) is 11.6 Å². The molecule has 0 amide bonds. The Labute approximate surface area is 116 Å². The van der Waals surface area contributed by atoms with Crippen molar-refractivity contribution in [3.8, 4) is 0 Å². The summed E-state index contributed by atoms with van der Waals surface area (Å²) in [4.78, 5) is 11.7. The van der Waals surface area contributed by atoms with Crippen LogP contribution in [0.4, 0.5) is 5.69 Å². The van der Waals surface area contributed by atoms with E-state index in [0.717, 1.165) is 9.26 Å². The molecule has 0 saturated heterocycles. The lowest BCUT2D eigenvalue weighted by Gasteiger charge is -2.23. The van der Waals surface area contributed by atoms with Gasteiger partial charge < -0.3 is 10.1 Å². The zero-order valence-corrected chi connectivity index (χ0v) is 12.7. The van der Waals surface area contributed by atoms with Crippen molar-refractivity contribution in [1.29, 1.82) is 0 Å². The molecular weight excluding hydrogens is 329 g/mol. The molecule has 4 heteroatoms. The monoisotopic (exact) mass is 347 g/mol. The minimum atomic E-state index is -0.445. The number of carbonyl (C=O) groups excluding carboxylic acids is 1. The predicted molar refractivity (Wildman–Crippen MR) is 78.1 cm³/mol. The first-order chi connectivity index (χ1) is 7.78. The Bertz CT molecular complexity index is 381. The van der Waals surface area contributed by atoms with Crippen molar-refractivity contribution in [1.82, 2.24) is 0 Å². The SMILES string of the molecule is CC(Nc1ccc(I)cc1)C(=O)OC(C)(C)C. The Morgan fingerprint density at radius 2 is 1.82 bits per heavy atom. The number of benzene rings is 1. The molecule has 1 aromatic rings. The summed E-state index contributed by atoms with van der Waals surface area (Å²) in [5, 5.41) is 3.11. The van der Waals surface area contributed by atoms with Gasteiger partial charge in [0.15, 0.2) is 0 Å². The first-order valence-corrected chi connectivity index (χ1v) is 6.61. The second-order valence-corrected chi connectivity index (χ2v) is 6.15. The molecule has 0 aromatic heterocycles. The molecule has 1 unspecified atom stereocenters. The minimum absolute atomic E-state index is 0.240. The van der Waals surface area contributed by atoms with Gasteiger partial charge in [-0.15, -0.1) is 0 Å². The number of carbonyl (C=O) groups is 1. The average Bonchev–Trinajstić information content (AvgIpc) is 2.19. The first-order valence-electron chi connectivity index (χ1n) is 5.53. The zero-order chi connectivity index (χ0) is 13.1. The molecule has 1 rings (SSSR count). The number of rotatable bonds is 3. The van der Waals surface area contributed by atoms with Crippen LogP contribution >= 0.6 is 22.6 Å². The molecule has 0 radical (unpaired) electrons. The Hall–Kier alpha value is -0.780. The van der Waals surface area contributed by atoms with E-state index in [1.54, 1.807) is 6.92 Å². The highest BCUT2D eigenvalue weighted by Gasteiger charge is 2.21. The molecule has 1 aromatic carbocycles. The maximum Gasteiger partial charge on any atom is 0.328 e. The van der Waals surface area contributed by atoms with Gasteiger partial charge in [-0.2, -0.15) is 0 Å². The highest BCUT2D eigenvalue weighted by Crippen LogP contribution is 2.14. The molecule has 0 saturated carbocycles. The van der Waals surface area contributed by atoms with Crippen molar-refractivity contribution in [3.63, 3.8) is 0 Å². The van der Waals surface area contributed by atoms with Crippen molar-refractivity contribution in [3.05, 3.63) is 27.8 Å². The molecule has 0 aliphatic carbocycles. The van der Waals surface area contributed by atoms with Crippen molar-refractivity contribution in [2.45, 2.75) is 39.3 Å². The Morgan fingerprint density at radius 1 is 1.29 bits per heavy atom. The van der Waals surface area contributed by atoms with E-state index in [1.807, 2.05) is 45.0 Å². The van der Waals surface area contributed by atoms with Crippen LogP contribution in [0.2, 0.25) is 0 Å². The summed E-state index contributed by atoms with van der Waals surface area (Å²) in [6.45, 7) is 7.39. The van der Waals surface area contributed by atoms with Crippen molar-refractivity contribution in [2.75, 3.05) is 5.32 Å². The van der Waals surface area contributed by atoms with Crippen LogP contribution in [0.3, 0.4) is 0 Å². The van der Waals surface area contributed by atoms with Gasteiger partial charge in [-0.1, -0.05) is 0 Å². The first kappa shape index (κ1) is 14.3. The molecular formula is C13H18INO2. The van der Waals surface area contributed by atoms with Crippen LogP contribution in [0.25, 0.3) is 0 Å². The van der Waals surface area contributed by atoms with Crippen LogP contribution in [0.15, 0.2) is 24.3 Å². The van der Waals surface area contributed by atoms with Crippen molar-refractivity contribution in [2.24, 2.45) is 0 Å². The van der Waals surface area contributed by atoms with E-state index in [9.17, 15) is 4.79 Å². The Balaban J connectivity index is 2.57. The topological polar surface area (TPSA) is 38.3 Å². The van der Waals surface area contributed by atoms with E-state index in [4.69, 9.17) is 4.74 Å². The number of esters is 1. The quantitative estimate of drug-likeness (QED) is 0.673. The molecule has 0 bridgehead atoms. The van der Waals surface area contributed by atoms with Crippen LogP contribution in [0.1, 0.15) is 27.7 Å². The van der Waals surface area contributed by atoms with Gasteiger partial charge in [0.2, 0.25) is 0 Å². The van der Waals surface area contributed by atoms with E-state index >= 15 is 0 Å². The lowest BCUT2D eigenvalue weighted by Crippen LogP contribution is -2.34. The van der Waals surface area contributed by atoms with E-state index in [2.05, 4.69) is 27.9 Å². The molecule has 0 fully saturated rings. The molecule has 1 atom stereocenters. The smallest absolute Gasteiger partial charge is 0.328 e. The third kappa shape index (κ3) is 5.39. The molecule has 0 aliphatic heterocycles. The largest absolute Gasteiger partial charge is 0.458 e. The summed E-state index contributed by atoms with van der Waals surface area (Å²) >= 11 is 2.24. The third-order valence-electron chi connectivity index (χ3n) is 1.99. The van der Waals surface area contributed by atoms with Gasteiger partial charge in [0, 0.05) is 9.26 Å². The van der Waals surface area contributed by atoms with Gasteiger partial charge in [0.25, 0.3) is 0 Å².